The van der Waals surface area contributed by atoms with Gasteiger partial charge in [0, 0.05) is 19.0 Å². The van der Waals surface area contributed by atoms with E-state index in [1.54, 1.807) is 0 Å². The van der Waals surface area contributed by atoms with E-state index in [4.69, 9.17) is 0 Å². The van der Waals surface area contributed by atoms with Gasteiger partial charge in [-0.3, -0.25) is 9.59 Å². The summed E-state index contributed by atoms with van der Waals surface area (Å²) in [4.78, 5) is 24.0. The van der Waals surface area contributed by atoms with Gasteiger partial charge in [-0.15, -0.1) is 6.58 Å². The second kappa shape index (κ2) is 5.06. The Bertz CT molecular complexity index is 719. The maximum Gasteiger partial charge on any atom is 0.268 e. The number of rotatable bonds is 3. The molecule has 0 atom stereocenters. The summed E-state index contributed by atoms with van der Waals surface area (Å²) in [6.07, 6.45) is 1.54. The normalized spacial score (nSPS) is 10.4. The number of carbonyl (C=O) groups excluding carboxylic acids is 1. The number of pyridine rings is 1. The third-order valence-corrected chi connectivity index (χ3v) is 2.84. The minimum Gasteiger partial charge on any atom is -0.347 e. The molecule has 1 N–H and O–H groups in total. The molecular formula is C14H13FN2O2. The Kier molecular flexibility index (Phi) is 3.46. The Balaban J connectivity index is 2.62. The average Bonchev–Trinajstić information content (AvgIpc) is 2.39. The lowest BCUT2D eigenvalue weighted by atomic mass is 10.1. The summed E-state index contributed by atoms with van der Waals surface area (Å²) in [7, 11) is 1.51. The largest absolute Gasteiger partial charge is 0.347 e. The highest BCUT2D eigenvalue weighted by molar-refractivity contribution is 5.96. The topological polar surface area (TPSA) is 51.1 Å². The SMILES string of the molecule is C=CCNC(=O)c1cc2cc(F)ccc2c(=O)n1C. The number of hydrogen-bond donors (Lipinski definition) is 1. The molecule has 0 saturated carbocycles. The van der Waals surface area contributed by atoms with Gasteiger partial charge in [-0.2, -0.15) is 0 Å². The number of aromatic nitrogens is 1. The molecule has 1 aromatic carbocycles. The van der Waals surface area contributed by atoms with Gasteiger partial charge in [0.1, 0.15) is 11.5 Å². The van der Waals surface area contributed by atoms with Crippen LogP contribution in [0.3, 0.4) is 0 Å². The van der Waals surface area contributed by atoms with Crippen molar-refractivity contribution in [1.82, 2.24) is 9.88 Å². The molecule has 2 rings (SSSR count). The zero-order chi connectivity index (χ0) is 14.0. The van der Waals surface area contributed by atoms with Crippen molar-refractivity contribution in [1.29, 1.82) is 0 Å². The van der Waals surface area contributed by atoms with Crippen LogP contribution in [0.5, 0.6) is 0 Å². The zero-order valence-corrected chi connectivity index (χ0v) is 10.4. The number of amides is 1. The summed E-state index contributed by atoms with van der Waals surface area (Å²) in [5.41, 5.74) is -0.147. The Morgan fingerprint density at radius 2 is 2.21 bits per heavy atom. The van der Waals surface area contributed by atoms with Crippen LogP contribution in [0, 0.1) is 5.82 Å². The van der Waals surface area contributed by atoms with Gasteiger partial charge in [0.15, 0.2) is 0 Å². The number of hydrogen-bond acceptors (Lipinski definition) is 2. The summed E-state index contributed by atoms with van der Waals surface area (Å²) in [5.74, 6) is -0.844. The Morgan fingerprint density at radius 3 is 2.89 bits per heavy atom. The lowest BCUT2D eigenvalue weighted by Crippen LogP contribution is -2.31. The highest BCUT2D eigenvalue weighted by Gasteiger charge is 2.12. The smallest absolute Gasteiger partial charge is 0.268 e. The molecule has 0 fully saturated rings. The highest BCUT2D eigenvalue weighted by Crippen LogP contribution is 2.13. The Morgan fingerprint density at radius 1 is 1.47 bits per heavy atom. The monoisotopic (exact) mass is 260 g/mol. The standard InChI is InChI=1S/C14H13FN2O2/c1-3-6-16-13(18)12-8-9-7-10(15)4-5-11(9)14(19)17(12)2/h3-5,7-8H,1,6H2,2H3,(H,16,18). The lowest BCUT2D eigenvalue weighted by Gasteiger charge is -2.09. The summed E-state index contributed by atoms with van der Waals surface area (Å²) < 4.78 is 14.4. The molecule has 0 saturated heterocycles. The van der Waals surface area contributed by atoms with Crippen molar-refractivity contribution in [2.24, 2.45) is 7.05 Å². The van der Waals surface area contributed by atoms with Crippen LogP contribution in [-0.4, -0.2) is 17.0 Å². The molecule has 5 heteroatoms. The van der Waals surface area contributed by atoms with E-state index in [2.05, 4.69) is 11.9 Å². The van der Waals surface area contributed by atoms with Gasteiger partial charge in [0.25, 0.3) is 11.5 Å². The Hall–Kier alpha value is -2.43. The fourth-order valence-corrected chi connectivity index (χ4v) is 1.86. The van der Waals surface area contributed by atoms with Crippen LogP contribution in [0.4, 0.5) is 4.39 Å². The number of nitrogens with one attached hydrogen (secondary N) is 1. The number of fused-ring (bicyclic) bond motifs is 1. The van der Waals surface area contributed by atoms with Crippen molar-refractivity contribution in [3.63, 3.8) is 0 Å². The van der Waals surface area contributed by atoms with E-state index in [1.807, 2.05) is 0 Å². The molecule has 4 nitrogen and oxygen atoms in total. The summed E-state index contributed by atoms with van der Waals surface area (Å²) >= 11 is 0. The molecule has 0 aliphatic rings. The van der Waals surface area contributed by atoms with Gasteiger partial charge in [0.05, 0.1) is 0 Å². The molecule has 2 aromatic rings. The predicted octanol–water partition coefficient (Wildman–Crippen LogP) is 1.59. The molecule has 1 amide bonds. The van der Waals surface area contributed by atoms with Crippen LogP contribution >= 0.6 is 0 Å². The van der Waals surface area contributed by atoms with Gasteiger partial charge in [-0.1, -0.05) is 6.08 Å². The fourth-order valence-electron chi connectivity index (χ4n) is 1.86. The molecule has 0 bridgehead atoms. The summed E-state index contributed by atoms with van der Waals surface area (Å²) in [6.45, 7) is 3.79. The molecule has 1 aromatic heterocycles. The third-order valence-electron chi connectivity index (χ3n) is 2.84. The summed E-state index contributed by atoms with van der Waals surface area (Å²) in [6, 6.07) is 5.37. The van der Waals surface area contributed by atoms with Crippen molar-refractivity contribution in [3.8, 4) is 0 Å². The van der Waals surface area contributed by atoms with Gasteiger partial charge >= 0.3 is 0 Å². The van der Waals surface area contributed by atoms with Crippen LogP contribution in [0.1, 0.15) is 10.5 Å². The first kappa shape index (κ1) is 13.0. The third kappa shape index (κ3) is 2.40. The number of halogens is 1. The maximum atomic E-state index is 13.2. The first-order valence-corrected chi connectivity index (χ1v) is 5.73. The maximum absolute atomic E-state index is 13.2. The van der Waals surface area contributed by atoms with E-state index in [1.165, 1.54) is 42.0 Å². The molecular weight excluding hydrogens is 247 g/mol. The first-order chi connectivity index (χ1) is 9.04. The minimum absolute atomic E-state index is 0.185. The van der Waals surface area contributed by atoms with Gasteiger partial charge in [0.2, 0.25) is 0 Å². The van der Waals surface area contributed by atoms with Crippen molar-refractivity contribution >= 4 is 16.7 Å². The molecule has 98 valence electrons. The quantitative estimate of drug-likeness (QED) is 0.852. The van der Waals surface area contributed by atoms with E-state index >= 15 is 0 Å². The highest BCUT2D eigenvalue weighted by atomic mass is 19.1. The summed E-state index contributed by atoms with van der Waals surface area (Å²) in [5, 5.41) is 3.37. The van der Waals surface area contributed by atoms with E-state index in [0.29, 0.717) is 17.3 Å². The van der Waals surface area contributed by atoms with Gasteiger partial charge in [-0.05, 0) is 29.7 Å². The second-order valence-electron chi connectivity index (χ2n) is 4.12. The molecule has 0 aliphatic heterocycles. The van der Waals surface area contributed by atoms with E-state index in [0.717, 1.165) is 0 Å². The molecule has 0 radical (unpaired) electrons. The van der Waals surface area contributed by atoms with Crippen LogP contribution in [0.25, 0.3) is 10.8 Å². The lowest BCUT2D eigenvalue weighted by molar-refractivity contribution is 0.0949. The number of carbonyl (C=O) groups is 1. The van der Waals surface area contributed by atoms with Crippen molar-refractivity contribution in [2.75, 3.05) is 6.54 Å². The minimum atomic E-state index is -0.446. The van der Waals surface area contributed by atoms with Crippen LogP contribution in [0.2, 0.25) is 0 Å². The van der Waals surface area contributed by atoms with Crippen molar-refractivity contribution in [2.45, 2.75) is 0 Å². The number of nitrogens with zero attached hydrogens (tertiary/aromatic N) is 1. The van der Waals surface area contributed by atoms with E-state index < -0.39 is 11.7 Å². The Labute approximate surface area is 109 Å². The van der Waals surface area contributed by atoms with Crippen molar-refractivity contribution in [3.05, 3.63) is 58.8 Å². The molecule has 1 heterocycles. The van der Waals surface area contributed by atoms with Crippen LogP contribution in [-0.2, 0) is 7.05 Å². The predicted molar refractivity (Wildman–Crippen MR) is 71.7 cm³/mol. The molecule has 0 aliphatic carbocycles. The van der Waals surface area contributed by atoms with E-state index in [9.17, 15) is 14.0 Å². The first-order valence-electron chi connectivity index (χ1n) is 5.73. The molecule has 19 heavy (non-hydrogen) atoms. The van der Waals surface area contributed by atoms with Gasteiger partial charge in [-0.25, -0.2) is 4.39 Å². The molecule has 0 spiro atoms. The molecule has 0 unspecified atom stereocenters. The van der Waals surface area contributed by atoms with Gasteiger partial charge < -0.3 is 9.88 Å². The van der Waals surface area contributed by atoms with Crippen LogP contribution in [0.15, 0.2) is 41.7 Å². The fraction of sp³-hybridized carbons (Fsp3) is 0.143. The van der Waals surface area contributed by atoms with E-state index in [-0.39, 0.29) is 11.3 Å². The number of benzene rings is 1. The van der Waals surface area contributed by atoms with Crippen LogP contribution < -0.4 is 10.9 Å². The van der Waals surface area contributed by atoms with Crippen molar-refractivity contribution < 1.29 is 9.18 Å². The second-order valence-corrected chi connectivity index (χ2v) is 4.12. The average molecular weight is 260 g/mol. The zero-order valence-electron chi connectivity index (χ0n) is 10.4.